The second kappa shape index (κ2) is 11.7. The molecule has 0 aliphatic heterocycles. The van der Waals surface area contributed by atoms with Crippen molar-refractivity contribution in [3.8, 4) is 17.6 Å². The third kappa shape index (κ3) is 6.31. The van der Waals surface area contributed by atoms with Gasteiger partial charge in [-0.05, 0) is 35.4 Å². The zero-order valence-electron chi connectivity index (χ0n) is 19.3. The number of aromatic nitrogens is 2. The minimum Gasteiger partial charge on any atom is -0.493 e. The Bertz CT molecular complexity index is 1430. The topological polar surface area (TPSA) is 97.1 Å². The first kappa shape index (κ1) is 24.6. The fraction of sp³-hybridized carbons (Fsp3) is 0.111. The first-order valence-corrected chi connectivity index (χ1v) is 11.7. The van der Waals surface area contributed by atoms with Crippen LogP contribution in [0.25, 0.3) is 6.08 Å². The van der Waals surface area contributed by atoms with Gasteiger partial charge in [0, 0.05) is 12.0 Å². The summed E-state index contributed by atoms with van der Waals surface area (Å²) in [7, 11) is 1.47. The van der Waals surface area contributed by atoms with Gasteiger partial charge in [0.25, 0.3) is 5.91 Å². The van der Waals surface area contributed by atoms with Gasteiger partial charge in [-0.15, -0.1) is 10.2 Å². The number of nitriles is 1. The first-order valence-electron chi connectivity index (χ1n) is 10.9. The van der Waals surface area contributed by atoms with Crippen molar-refractivity contribution >= 4 is 28.5 Å². The van der Waals surface area contributed by atoms with Gasteiger partial charge < -0.3 is 9.47 Å². The number of ether oxygens (including phenoxy) is 2. The van der Waals surface area contributed by atoms with Crippen LogP contribution < -0.4 is 14.8 Å². The molecular formula is C27H21FN4O3S. The average Bonchev–Trinajstić information content (AvgIpc) is 3.34. The summed E-state index contributed by atoms with van der Waals surface area (Å²) in [5.41, 5.74) is 1.94. The highest BCUT2D eigenvalue weighted by Crippen LogP contribution is 2.30. The standard InChI is InChI=1S/C27H21FN4O3S/c1-34-24-14-19(11-12-23(24)35-17-20-9-5-6-10-22(20)28)13-21(16-29)26(33)30-27-32-31-25(36-27)15-18-7-3-2-4-8-18/h2-14H,15,17H2,1H3,(H,30,32,33). The van der Waals surface area contributed by atoms with E-state index in [1.54, 1.807) is 36.4 Å². The quantitative estimate of drug-likeness (QED) is 0.244. The summed E-state index contributed by atoms with van der Waals surface area (Å²) in [6.45, 7) is 0.0260. The van der Waals surface area contributed by atoms with Crippen LogP contribution in [0.5, 0.6) is 11.5 Å². The van der Waals surface area contributed by atoms with Gasteiger partial charge >= 0.3 is 0 Å². The minimum absolute atomic E-state index is 0.0260. The van der Waals surface area contributed by atoms with Gasteiger partial charge in [-0.2, -0.15) is 5.26 Å². The van der Waals surface area contributed by atoms with Crippen LogP contribution in [0.15, 0.2) is 78.4 Å². The molecule has 0 aliphatic carbocycles. The Hall–Kier alpha value is -4.55. The van der Waals surface area contributed by atoms with Crippen LogP contribution >= 0.6 is 11.3 Å². The number of amides is 1. The number of anilines is 1. The van der Waals surface area contributed by atoms with Crippen molar-refractivity contribution in [3.63, 3.8) is 0 Å². The molecule has 9 heteroatoms. The highest BCUT2D eigenvalue weighted by Gasteiger charge is 2.14. The molecule has 0 radical (unpaired) electrons. The number of benzene rings is 3. The SMILES string of the molecule is COc1cc(C=C(C#N)C(=O)Nc2nnc(Cc3ccccc3)s2)ccc1OCc1ccccc1F. The van der Waals surface area contributed by atoms with Crippen molar-refractivity contribution in [2.45, 2.75) is 13.0 Å². The van der Waals surface area contributed by atoms with Gasteiger partial charge in [0.1, 0.15) is 29.1 Å². The lowest BCUT2D eigenvalue weighted by Gasteiger charge is -2.12. The zero-order chi connectivity index (χ0) is 25.3. The number of hydrogen-bond acceptors (Lipinski definition) is 7. The molecule has 0 unspecified atom stereocenters. The molecule has 180 valence electrons. The molecule has 0 saturated heterocycles. The van der Waals surface area contributed by atoms with E-state index in [0.29, 0.717) is 34.2 Å². The van der Waals surface area contributed by atoms with Crippen LogP contribution in [0.3, 0.4) is 0 Å². The number of halogens is 1. The maximum absolute atomic E-state index is 13.9. The van der Waals surface area contributed by atoms with Gasteiger partial charge in [-0.1, -0.05) is 65.9 Å². The number of nitrogens with zero attached hydrogens (tertiary/aromatic N) is 3. The Morgan fingerprint density at radius 1 is 1.08 bits per heavy atom. The Morgan fingerprint density at radius 3 is 2.61 bits per heavy atom. The van der Waals surface area contributed by atoms with Crippen LogP contribution in [-0.2, 0) is 17.8 Å². The predicted octanol–water partition coefficient (Wildman–Crippen LogP) is 5.40. The van der Waals surface area contributed by atoms with Gasteiger partial charge in [0.05, 0.1) is 7.11 Å². The molecule has 3 aromatic carbocycles. The van der Waals surface area contributed by atoms with Crippen molar-refractivity contribution < 1.29 is 18.7 Å². The summed E-state index contributed by atoms with van der Waals surface area (Å²) in [5, 5.41) is 21.3. The Kier molecular flexibility index (Phi) is 8.01. The van der Waals surface area contributed by atoms with E-state index in [1.807, 2.05) is 36.4 Å². The third-order valence-corrected chi connectivity index (χ3v) is 5.93. The first-order chi connectivity index (χ1) is 17.6. The summed E-state index contributed by atoms with van der Waals surface area (Å²) >= 11 is 1.25. The Labute approximate surface area is 211 Å². The number of rotatable bonds is 9. The highest BCUT2D eigenvalue weighted by molar-refractivity contribution is 7.15. The van der Waals surface area contributed by atoms with E-state index in [1.165, 1.54) is 30.6 Å². The second-order valence-corrected chi connectivity index (χ2v) is 8.64. The monoisotopic (exact) mass is 500 g/mol. The van der Waals surface area contributed by atoms with E-state index in [9.17, 15) is 14.4 Å². The molecule has 36 heavy (non-hydrogen) atoms. The number of hydrogen-bond donors (Lipinski definition) is 1. The second-order valence-electron chi connectivity index (χ2n) is 7.58. The molecule has 0 spiro atoms. The molecule has 0 saturated carbocycles. The zero-order valence-corrected chi connectivity index (χ0v) is 20.1. The number of carbonyl (C=O) groups is 1. The smallest absolute Gasteiger partial charge is 0.268 e. The van der Waals surface area contributed by atoms with Gasteiger partial charge in [0.2, 0.25) is 5.13 Å². The van der Waals surface area contributed by atoms with Crippen molar-refractivity contribution in [1.29, 1.82) is 5.26 Å². The molecule has 1 heterocycles. The van der Waals surface area contributed by atoms with E-state index in [-0.39, 0.29) is 18.0 Å². The van der Waals surface area contributed by atoms with Crippen LogP contribution in [0, 0.1) is 17.1 Å². The van der Waals surface area contributed by atoms with Crippen LogP contribution in [-0.4, -0.2) is 23.2 Å². The molecule has 1 amide bonds. The molecule has 0 bridgehead atoms. The summed E-state index contributed by atoms with van der Waals surface area (Å²) in [4.78, 5) is 12.7. The van der Waals surface area contributed by atoms with Crippen molar-refractivity contribution in [1.82, 2.24) is 10.2 Å². The summed E-state index contributed by atoms with van der Waals surface area (Å²) in [6, 6.07) is 23.0. The van der Waals surface area contributed by atoms with E-state index in [0.717, 1.165) is 10.6 Å². The average molecular weight is 501 g/mol. The molecular weight excluding hydrogens is 479 g/mol. The van der Waals surface area contributed by atoms with Crippen LogP contribution in [0.2, 0.25) is 0 Å². The summed E-state index contributed by atoms with van der Waals surface area (Å²) in [6.07, 6.45) is 2.03. The molecule has 0 aliphatic rings. The van der Waals surface area contributed by atoms with Crippen LogP contribution in [0.4, 0.5) is 9.52 Å². The molecule has 1 aromatic heterocycles. The van der Waals surface area contributed by atoms with E-state index < -0.39 is 5.91 Å². The molecule has 0 fully saturated rings. The maximum atomic E-state index is 13.9. The molecule has 4 rings (SSSR count). The molecule has 1 N–H and O–H groups in total. The number of methoxy groups -OCH3 is 1. The van der Waals surface area contributed by atoms with Crippen molar-refractivity contribution in [2.24, 2.45) is 0 Å². The van der Waals surface area contributed by atoms with Gasteiger partial charge in [-0.25, -0.2) is 4.39 Å². The fourth-order valence-corrected chi connectivity index (χ4v) is 4.06. The molecule has 0 atom stereocenters. The maximum Gasteiger partial charge on any atom is 0.268 e. The van der Waals surface area contributed by atoms with E-state index in [2.05, 4.69) is 15.5 Å². The predicted molar refractivity (Wildman–Crippen MR) is 135 cm³/mol. The van der Waals surface area contributed by atoms with Crippen LogP contribution in [0.1, 0.15) is 21.7 Å². The van der Waals surface area contributed by atoms with Crippen molar-refractivity contribution in [3.05, 3.63) is 106 Å². The number of carbonyl (C=O) groups excluding carboxylic acids is 1. The fourth-order valence-electron chi connectivity index (χ4n) is 3.29. The van der Waals surface area contributed by atoms with Gasteiger partial charge in [-0.3, -0.25) is 10.1 Å². The lowest BCUT2D eigenvalue weighted by atomic mass is 10.1. The number of nitrogens with one attached hydrogen (secondary N) is 1. The Balaban J connectivity index is 1.43. The lowest BCUT2D eigenvalue weighted by Crippen LogP contribution is -2.13. The van der Waals surface area contributed by atoms with Gasteiger partial charge in [0.15, 0.2) is 11.5 Å². The molecule has 4 aromatic rings. The van der Waals surface area contributed by atoms with Crippen molar-refractivity contribution in [2.75, 3.05) is 12.4 Å². The lowest BCUT2D eigenvalue weighted by molar-refractivity contribution is -0.112. The summed E-state index contributed by atoms with van der Waals surface area (Å²) in [5.74, 6) is -0.171. The third-order valence-electron chi connectivity index (χ3n) is 5.09. The molecule has 7 nitrogen and oxygen atoms in total. The largest absolute Gasteiger partial charge is 0.493 e. The minimum atomic E-state index is -0.598. The Morgan fingerprint density at radius 2 is 1.86 bits per heavy atom. The normalized spacial score (nSPS) is 11.0. The summed E-state index contributed by atoms with van der Waals surface area (Å²) < 4.78 is 24.9. The van der Waals surface area contributed by atoms with E-state index >= 15 is 0 Å². The van der Waals surface area contributed by atoms with E-state index in [4.69, 9.17) is 9.47 Å². The highest BCUT2D eigenvalue weighted by atomic mass is 32.1.